The van der Waals surface area contributed by atoms with Crippen molar-refractivity contribution in [3.8, 4) is 0 Å². The molecule has 0 fully saturated rings. The first-order chi connectivity index (χ1) is 6.79. The predicted octanol–water partition coefficient (Wildman–Crippen LogP) is -0.337. The van der Waals surface area contributed by atoms with Crippen molar-refractivity contribution in [3.63, 3.8) is 0 Å². The van der Waals surface area contributed by atoms with Crippen molar-refractivity contribution < 1.29 is 13.2 Å². The van der Waals surface area contributed by atoms with Gasteiger partial charge in [0.2, 0.25) is 5.91 Å². The zero-order valence-corrected chi connectivity index (χ0v) is 10.3. The lowest BCUT2D eigenvalue weighted by Gasteiger charge is -2.11. The van der Waals surface area contributed by atoms with Crippen LogP contribution in [0.3, 0.4) is 0 Å². The van der Waals surface area contributed by atoms with E-state index in [1.165, 1.54) is 0 Å². The first kappa shape index (κ1) is 14.4. The quantitative estimate of drug-likeness (QED) is 0.660. The van der Waals surface area contributed by atoms with Gasteiger partial charge in [-0.3, -0.25) is 4.79 Å². The summed E-state index contributed by atoms with van der Waals surface area (Å²) in [6, 6.07) is 0.0344. The fourth-order valence-electron chi connectivity index (χ4n) is 0.977. The summed E-state index contributed by atoms with van der Waals surface area (Å²) in [5.74, 6) is -0.373. The number of hydrogen-bond donors (Lipinski definition) is 2. The zero-order chi connectivity index (χ0) is 12.1. The minimum absolute atomic E-state index is 0.00481. The molecule has 0 aromatic carbocycles. The molecule has 1 unspecified atom stereocenters. The Kier molecular flexibility index (Phi) is 5.82. The van der Waals surface area contributed by atoms with E-state index in [4.69, 9.17) is 5.73 Å². The summed E-state index contributed by atoms with van der Waals surface area (Å²) in [7, 11) is -3.23. The van der Waals surface area contributed by atoms with Gasteiger partial charge in [-0.1, -0.05) is 0 Å². The monoisotopic (exact) mass is 236 g/mol. The number of rotatable bonds is 6. The molecule has 1 atom stereocenters. The highest BCUT2D eigenvalue weighted by Crippen LogP contribution is 2.02. The summed E-state index contributed by atoms with van der Waals surface area (Å²) in [6.45, 7) is 5.30. The number of nitrogens with two attached hydrogens (primary N) is 1. The maximum absolute atomic E-state index is 11.5. The van der Waals surface area contributed by atoms with Crippen molar-refractivity contribution >= 4 is 15.7 Å². The van der Waals surface area contributed by atoms with Crippen molar-refractivity contribution in [1.82, 2.24) is 5.32 Å². The number of nitrogens with one attached hydrogen (secondary N) is 1. The van der Waals surface area contributed by atoms with Crippen molar-refractivity contribution in [2.24, 2.45) is 5.73 Å². The topological polar surface area (TPSA) is 89.3 Å². The fraction of sp³-hybridized carbons (Fsp3) is 0.889. The van der Waals surface area contributed by atoms with Crippen molar-refractivity contribution in [2.75, 3.05) is 12.3 Å². The number of carbonyl (C=O) groups excluding carboxylic acids is 1. The Morgan fingerprint density at radius 3 is 2.27 bits per heavy atom. The Balaban J connectivity index is 4.11. The lowest BCUT2D eigenvalue weighted by molar-refractivity contribution is -0.121. The number of carbonyl (C=O) groups is 1. The SMILES string of the molecule is CC(C)NC(=O)CCS(=O)(=O)C(C)CN. The normalized spacial score (nSPS) is 13.9. The first-order valence-corrected chi connectivity index (χ1v) is 6.72. The molecular formula is C9H20N2O3S. The average molecular weight is 236 g/mol. The van der Waals surface area contributed by atoms with Crippen molar-refractivity contribution in [1.29, 1.82) is 0 Å². The van der Waals surface area contributed by atoms with Gasteiger partial charge in [0.1, 0.15) is 0 Å². The zero-order valence-electron chi connectivity index (χ0n) is 9.49. The van der Waals surface area contributed by atoms with Gasteiger partial charge >= 0.3 is 0 Å². The molecule has 90 valence electrons. The number of sulfone groups is 1. The highest BCUT2D eigenvalue weighted by atomic mass is 32.2. The van der Waals surface area contributed by atoms with E-state index < -0.39 is 15.1 Å². The number of amides is 1. The summed E-state index contributed by atoms with van der Waals surface area (Å²) in [5.41, 5.74) is 5.27. The Morgan fingerprint density at radius 1 is 1.33 bits per heavy atom. The highest BCUT2D eigenvalue weighted by Gasteiger charge is 2.20. The molecule has 0 saturated heterocycles. The molecule has 0 saturated carbocycles. The summed E-state index contributed by atoms with van der Waals surface area (Å²) in [6.07, 6.45) is 0.00481. The second kappa shape index (κ2) is 6.07. The molecule has 0 rings (SSSR count). The van der Waals surface area contributed by atoms with Gasteiger partial charge < -0.3 is 11.1 Å². The third kappa shape index (κ3) is 5.74. The lowest BCUT2D eigenvalue weighted by Crippen LogP contribution is -2.34. The standard InChI is InChI=1S/C9H20N2O3S/c1-7(2)11-9(12)4-5-15(13,14)8(3)6-10/h7-8H,4-6,10H2,1-3H3,(H,11,12). The van der Waals surface area contributed by atoms with Crippen LogP contribution in [0.4, 0.5) is 0 Å². The second-order valence-electron chi connectivity index (χ2n) is 3.89. The van der Waals surface area contributed by atoms with Gasteiger partial charge in [0.25, 0.3) is 0 Å². The van der Waals surface area contributed by atoms with Gasteiger partial charge in [0.15, 0.2) is 9.84 Å². The van der Waals surface area contributed by atoms with Crippen LogP contribution in [0.1, 0.15) is 27.2 Å². The molecule has 0 aliphatic rings. The Labute approximate surface area is 91.3 Å². The van der Waals surface area contributed by atoms with Gasteiger partial charge in [-0.25, -0.2) is 8.42 Å². The maximum atomic E-state index is 11.5. The fourth-order valence-corrected chi connectivity index (χ4v) is 2.14. The van der Waals surface area contributed by atoms with Crippen LogP contribution in [0.2, 0.25) is 0 Å². The first-order valence-electron chi connectivity index (χ1n) is 5.00. The molecule has 0 bridgehead atoms. The van der Waals surface area contributed by atoms with E-state index in [-0.39, 0.29) is 30.7 Å². The minimum atomic E-state index is -3.23. The molecule has 15 heavy (non-hydrogen) atoms. The molecule has 0 aliphatic carbocycles. The van der Waals surface area contributed by atoms with Gasteiger partial charge in [-0.15, -0.1) is 0 Å². The van der Waals surface area contributed by atoms with Gasteiger partial charge in [-0.05, 0) is 20.8 Å². The van der Waals surface area contributed by atoms with E-state index in [9.17, 15) is 13.2 Å². The van der Waals surface area contributed by atoms with Crippen molar-refractivity contribution in [2.45, 2.75) is 38.5 Å². The summed E-state index contributed by atoms with van der Waals surface area (Å²) in [5, 5.41) is 2.06. The third-order valence-electron chi connectivity index (χ3n) is 2.01. The molecule has 0 spiro atoms. The largest absolute Gasteiger partial charge is 0.354 e. The average Bonchev–Trinajstić information content (AvgIpc) is 2.12. The van der Waals surface area contributed by atoms with Gasteiger partial charge in [0.05, 0.1) is 11.0 Å². The molecule has 5 nitrogen and oxygen atoms in total. The van der Waals surface area contributed by atoms with E-state index in [2.05, 4.69) is 5.32 Å². The van der Waals surface area contributed by atoms with E-state index in [1.807, 2.05) is 13.8 Å². The van der Waals surface area contributed by atoms with E-state index >= 15 is 0 Å². The minimum Gasteiger partial charge on any atom is -0.354 e. The summed E-state index contributed by atoms with van der Waals surface area (Å²) < 4.78 is 23.0. The summed E-state index contributed by atoms with van der Waals surface area (Å²) in [4.78, 5) is 11.2. The van der Waals surface area contributed by atoms with Gasteiger partial charge in [-0.2, -0.15) is 0 Å². The lowest BCUT2D eigenvalue weighted by atomic mass is 10.3. The Bertz CT molecular complexity index is 298. The molecule has 0 aliphatic heterocycles. The molecular weight excluding hydrogens is 216 g/mol. The molecule has 0 aromatic rings. The molecule has 0 radical (unpaired) electrons. The van der Waals surface area contributed by atoms with Gasteiger partial charge in [0, 0.05) is 19.0 Å². The molecule has 6 heteroatoms. The smallest absolute Gasteiger partial charge is 0.221 e. The Morgan fingerprint density at radius 2 is 1.87 bits per heavy atom. The second-order valence-corrected chi connectivity index (χ2v) is 6.42. The van der Waals surface area contributed by atoms with Crippen LogP contribution < -0.4 is 11.1 Å². The van der Waals surface area contributed by atoms with Crippen LogP contribution in [0.5, 0.6) is 0 Å². The Hall–Kier alpha value is -0.620. The molecule has 0 heterocycles. The van der Waals surface area contributed by atoms with Crippen LogP contribution in [-0.2, 0) is 14.6 Å². The van der Waals surface area contributed by atoms with Crippen LogP contribution in [-0.4, -0.2) is 37.9 Å². The number of hydrogen-bond acceptors (Lipinski definition) is 4. The van der Waals surface area contributed by atoms with Crippen LogP contribution >= 0.6 is 0 Å². The maximum Gasteiger partial charge on any atom is 0.221 e. The third-order valence-corrected chi connectivity index (χ3v) is 4.20. The van der Waals surface area contributed by atoms with E-state index in [0.717, 1.165) is 0 Å². The van der Waals surface area contributed by atoms with E-state index in [0.29, 0.717) is 0 Å². The molecule has 0 aromatic heterocycles. The predicted molar refractivity (Wildman–Crippen MR) is 60.2 cm³/mol. The molecule has 1 amide bonds. The summed E-state index contributed by atoms with van der Waals surface area (Å²) >= 11 is 0. The van der Waals surface area contributed by atoms with Crippen molar-refractivity contribution in [3.05, 3.63) is 0 Å². The van der Waals surface area contributed by atoms with E-state index in [1.54, 1.807) is 6.92 Å². The molecule has 3 N–H and O–H groups in total. The highest BCUT2D eigenvalue weighted by molar-refractivity contribution is 7.92. The van der Waals surface area contributed by atoms with Crippen LogP contribution in [0, 0.1) is 0 Å². The van der Waals surface area contributed by atoms with Crippen LogP contribution in [0.15, 0.2) is 0 Å². The van der Waals surface area contributed by atoms with Crippen LogP contribution in [0.25, 0.3) is 0 Å².